The SMILES string of the molecule is OCc1cc2c(-c3ccccc3)cncc2cc1Cl. The van der Waals surface area contributed by atoms with E-state index in [-0.39, 0.29) is 6.61 Å². The summed E-state index contributed by atoms with van der Waals surface area (Å²) in [6.45, 7) is -0.0642. The number of rotatable bonds is 2. The van der Waals surface area contributed by atoms with E-state index in [0.29, 0.717) is 5.02 Å². The van der Waals surface area contributed by atoms with Crippen LogP contribution in [-0.2, 0) is 6.61 Å². The van der Waals surface area contributed by atoms with Gasteiger partial charge in [-0.05, 0) is 28.6 Å². The molecule has 0 unspecified atom stereocenters. The predicted molar refractivity (Wildman–Crippen MR) is 78.1 cm³/mol. The van der Waals surface area contributed by atoms with Crippen molar-refractivity contribution in [2.45, 2.75) is 6.61 Å². The molecule has 0 aliphatic rings. The molecule has 0 bridgehead atoms. The first-order valence-electron chi connectivity index (χ1n) is 6.02. The van der Waals surface area contributed by atoms with Gasteiger partial charge in [0.15, 0.2) is 0 Å². The third kappa shape index (κ3) is 2.21. The molecule has 3 rings (SSSR count). The molecule has 0 fully saturated rings. The Morgan fingerprint density at radius 3 is 2.58 bits per heavy atom. The molecule has 0 amide bonds. The lowest BCUT2D eigenvalue weighted by molar-refractivity contribution is 0.282. The van der Waals surface area contributed by atoms with E-state index >= 15 is 0 Å². The van der Waals surface area contributed by atoms with Crippen LogP contribution in [0.2, 0.25) is 5.02 Å². The van der Waals surface area contributed by atoms with Gasteiger partial charge in [0.25, 0.3) is 0 Å². The van der Waals surface area contributed by atoms with Gasteiger partial charge in [-0.15, -0.1) is 0 Å². The molecule has 1 aromatic heterocycles. The van der Waals surface area contributed by atoms with Crippen molar-refractivity contribution in [2.75, 3.05) is 0 Å². The van der Waals surface area contributed by atoms with Crippen molar-refractivity contribution in [3.05, 3.63) is 65.4 Å². The van der Waals surface area contributed by atoms with E-state index < -0.39 is 0 Å². The second kappa shape index (κ2) is 5.00. The summed E-state index contributed by atoms with van der Waals surface area (Å²) in [6, 6.07) is 13.9. The lowest BCUT2D eigenvalue weighted by atomic mass is 9.99. The number of nitrogens with zero attached hydrogens (tertiary/aromatic N) is 1. The van der Waals surface area contributed by atoms with Gasteiger partial charge in [-0.1, -0.05) is 41.9 Å². The maximum absolute atomic E-state index is 9.34. The van der Waals surface area contributed by atoms with Gasteiger partial charge in [-0.2, -0.15) is 0 Å². The Morgan fingerprint density at radius 2 is 1.84 bits per heavy atom. The third-order valence-electron chi connectivity index (χ3n) is 3.18. The lowest BCUT2D eigenvalue weighted by Crippen LogP contribution is -1.89. The van der Waals surface area contributed by atoms with Crippen molar-refractivity contribution in [3.8, 4) is 11.1 Å². The van der Waals surface area contributed by atoms with Crippen molar-refractivity contribution < 1.29 is 5.11 Å². The van der Waals surface area contributed by atoms with Gasteiger partial charge in [-0.3, -0.25) is 4.98 Å². The minimum Gasteiger partial charge on any atom is -0.392 e. The van der Waals surface area contributed by atoms with Crippen molar-refractivity contribution >= 4 is 22.4 Å². The Kier molecular flexibility index (Phi) is 3.20. The van der Waals surface area contributed by atoms with E-state index in [2.05, 4.69) is 4.98 Å². The van der Waals surface area contributed by atoms with Gasteiger partial charge in [0, 0.05) is 28.4 Å². The van der Waals surface area contributed by atoms with Crippen LogP contribution < -0.4 is 0 Å². The molecule has 3 aromatic rings. The number of hydrogen-bond acceptors (Lipinski definition) is 2. The topological polar surface area (TPSA) is 33.1 Å². The Labute approximate surface area is 116 Å². The van der Waals surface area contributed by atoms with E-state index in [4.69, 9.17) is 11.6 Å². The van der Waals surface area contributed by atoms with Crippen LogP contribution in [0.4, 0.5) is 0 Å². The lowest BCUT2D eigenvalue weighted by Gasteiger charge is -2.09. The highest BCUT2D eigenvalue weighted by molar-refractivity contribution is 6.32. The highest BCUT2D eigenvalue weighted by Gasteiger charge is 2.08. The average Bonchev–Trinajstić information content (AvgIpc) is 2.46. The highest BCUT2D eigenvalue weighted by Crippen LogP contribution is 2.31. The summed E-state index contributed by atoms with van der Waals surface area (Å²) < 4.78 is 0. The van der Waals surface area contributed by atoms with Gasteiger partial charge in [0.1, 0.15) is 0 Å². The molecule has 1 heterocycles. The normalized spacial score (nSPS) is 10.8. The molecule has 2 nitrogen and oxygen atoms in total. The van der Waals surface area contributed by atoms with Crippen LogP contribution in [0.5, 0.6) is 0 Å². The van der Waals surface area contributed by atoms with E-state index in [1.165, 1.54) is 0 Å². The zero-order chi connectivity index (χ0) is 13.2. The first kappa shape index (κ1) is 12.2. The van der Waals surface area contributed by atoms with Crippen molar-refractivity contribution in [1.29, 1.82) is 0 Å². The second-order valence-electron chi connectivity index (χ2n) is 4.38. The summed E-state index contributed by atoms with van der Waals surface area (Å²) in [5.74, 6) is 0. The Hall–Kier alpha value is -1.90. The summed E-state index contributed by atoms with van der Waals surface area (Å²) in [5.41, 5.74) is 2.88. The van der Waals surface area contributed by atoms with E-state index in [1.807, 2.05) is 48.7 Å². The average molecular weight is 270 g/mol. The molecular formula is C16H12ClNO. The quantitative estimate of drug-likeness (QED) is 0.761. The molecule has 0 aliphatic carbocycles. The van der Waals surface area contributed by atoms with E-state index in [0.717, 1.165) is 27.5 Å². The number of aromatic nitrogens is 1. The molecule has 19 heavy (non-hydrogen) atoms. The molecule has 2 aromatic carbocycles. The maximum atomic E-state index is 9.34. The summed E-state index contributed by atoms with van der Waals surface area (Å²) in [7, 11) is 0. The van der Waals surface area contributed by atoms with Crippen LogP contribution in [0.1, 0.15) is 5.56 Å². The number of fused-ring (bicyclic) bond motifs is 1. The number of aliphatic hydroxyl groups is 1. The molecule has 0 spiro atoms. The molecule has 1 N–H and O–H groups in total. The summed E-state index contributed by atoms with van der Waals surface area (Å²) in [4.78, 5) is 4.26. The van der Waals surface area contributed by atoms with Crippen LogP contribution in [0.15, 0.2) is 54.9 Å². The Morgan fingerprint density at radius 1 is 1.05 bits per heavy atom. The first-order valence-corrected chi connectivity index (χ1v) is 6.40. The Bertz CT molecular complexity index is 725. The van der Waals surface area contributed by atoms with Crippen LogP contribution >= 0.6 is 11.6 Å². The van der Waals surface area contributed by atoms with Crippen molar-refractivity contribution in [2.24, 2.45) is 0 Å². The first-order chi connectivity index (χ1) is 9.29. The van der Waals surface area contributed by atoms with Crippen LogP contribution in [0.3, 0.4) is 0 Å². The van der Waals surface area contributed by atoms with Crippen molar-refractivity contribution in [1.82, 2.24) is 4.98 Å². The Balaban J connectivity index is 2.31. The molecular weight excluding hydrogens is 258 g/mol. The predicted octanol–water partition coefficient (Wildman–Crippen LogP) is 4.05. The molecule has 0 saturated heterocycles. The summed E-state index contributed by atoms with van der Waals surface area (Å²) >= 11 is 6.11. The van der Waals surface area contributed by atoms with E-state index in [9.17, 15) is 5.11 Å². The fraction of sp³-hybridized carbons (Fsp3) is 0.0625. The minimum absolute atomic E-state index is 0.0642. The number of aliphatic hydroxyl groups excluding tert-OH is 1. The van der Waals surface area contributed by atoms with Crippen LogP contribution in [0, 0.1) is 0 Å². The van der Waals surface area contributed by atoms with Gasteiger partial charge < -0.3 is 5.11 Å². The van der Waals surface area contributed by atoms with Crippen LogP contribution in [-0.4, -0.2) is 10.1 Å². The summed E-state index contributed by atoms with van der Waals surface area (Å²) in [6.07, 6.45) is 3.63. The van der Waals surface area contributed by atoms with Crippen LogP contribution in [0.25, 0.3) is 21.9 Å². The molecule has 0 saturated carbocycles. The molecule has 3 heteroatoms. The molecule has 0 aliphatic heterocycles. The molecule has 0 radical (unpaired) electrons. The van der Waals surface area contributed by atoms with Gasteiger partial charge in [0.05, 0.1) is 6.61 Å². The monoisotopic (exact) mass is 269 g/mol. The third-order valence-corrected chi connectivity index (χ3v) is 3.53. The van der Waals surface area contributed by atoms with Gasteiger partial charge in [-0.25, -0.2) is 0 Å². The fourth-order valence-electron chi connectivity index (χ4n) is 2.20. The largest absolute Gasteiger partial charge is 0.392 e. The molecule has 0 atom stereocenters. The smallest absolute Gasteiger partial charge is 0.0696 e. The maximum Gasteiger partial charge on any atom is 0.0696 e. The standard InChI is InChI=1S/C16H12ClNO/c17-16-7-12-8-18-9-15(11-4-2-1-3-5-11)14(12)6-13(16)10-19/h1-9,19H,10H2. The number of pyridine rings is 1. The number of halogens is 1. The minimum atomic E-state index is -0.0642. The van der Waals surface area contributed by atoms with Gasteiger partial charge in [0.2, 0.25) is 0 Å². The zero-order valence-electron chi connectivity index (χ0n) is 10.2. The number of benzene rings is 2. The highest BCUT2D eigenvalue weighted by atomic mass is 35.5. The zero-order valence-corrected chi connectivity index (χ0v) is 10.9. The summed E-state index contributed by atoms with van der Waals surface area (Å²) in [5, 5.41) is 11.9. The number of hydrogen-bond donors (Lipinski definition) is 1. The van der Waals surface area contributed by atoms with Gasteiger partial charge >= 0.3 is 0 Å². The van der Waals surface area contributed by atoms with Crippen molar-refractivity contribution in [3.63, 3.8) is 0 Å². The second-order valence-corrected chi connectivity index (χ2v) is 4.78. The fourth-order valence-corrected chi connectivity index (χ4v) is 2.44. The molecule has 94 valence electrons. The van der Waals surface area contributed by atoms with E-state index in [1.54, 1.807) is 6.20 Å².